The van der Waals surface area contributed by atoms with Crippen LogP contribution in [0.5, 0.6) is 0 Å². The second-order valence-electron chi connectivity index (χ2n) is 4.18. The Hall–Kier alpha value is -0.530. The van der Waals surface area contributed by atoms with Crippen molar-refractivity contribution in [3.8, 4) is 0 Å². The van der Waals surface area contributed by atoms with Crippen molar-refractivity contribution in [3.05, 3.63) is 0 Å². The predicted molar refractivity (Wildman–Crippen MR) is 54.5 cm³/mol. The Kier molecular flexibility index (Phi) is 3.76. The van der Waals surface area contributed by atoms with Crippen LogP contribution in [-0.4, -0.2) is 22.9 Å². The Labute approximate surface area is 81.3 Å². The first kappa shape index (κ1) is 10.6. The number of carbonyl (C=O) groups excluding carboxylic acids is 1. The molecule has 0 bridgehead atoms. The van der Waals surface area contributed by atoms with E-state index in [4.69, 9.17) is 0 Å². The van der Waals surface area contributed by atoms with E-state index in [9.17, 15) is 4.79 Å². The van der Waals surface area contributed by atoms with Crippen LogP contribution in [0.4, 0.5) is 0 Å². The second kappa shape index (κ2) is 4.64. The number of carbonyl (C=O) groups is 1. The van der Waals surface area contributed by atoms with Crippen molar-refractivity contribution in [2.45, 2.75) is 65.0 Å². The van der Waals surface area contributed by atoms with E-state index in [1.165, 1.54) is 19.3 Å². The molecule has 1 aliphatic rings. The Bertz CT molecular complexity index is 169. The predicted octanol–water partition coefficient (Wildman–Crippen LogP) is 2.58. The van der Waals surface area contributed by atoms with Gasteiger partial charge in [0.2, 0.25) is 5.91 Å². The SMILES string of the molecule is CCCC(=O)N1[C@@H](C)CCC[C@@H]1C. The van der Waals surface area contributed by atoms with Crippen LogP contribution >= 0.6 is 0 Å². The number of piperidine rings is 1. The fourth-order valence-corrected chi connectivity index (χ4v) is 2.26. The molecule has 0 aliphatic carbocycles. The molecule has 0 radical (unpaired) electrons. The molecule has 1 amide bonds. The third-order valence-corrected chi connectivity index (χ3v) is 2.95. The molecule has 0 unspecified atom stereocenters. The number of likely N-dealkylation sites (tertiary alicyclic amines) is 1. The van der Waals surface area contributed by atoms with E-state index >= 15 is 0 Å². The maximum atomic E-state index is 11.7. The maximum Gasteiger partial charge on any atom is 0.223 e. The van der Waals surface area contributed by atoms with E-state index in [0.29, 0.717) is 24.4 Å². The lowest BCUT2D eigenvalue weighted by atomic mass is 9.97. The molecule has 1 heterocycles. The highest BCUT2D eigenvalue weighted by Gasteiger charge is 2.27. The molecule has 0 spiro atoms. The molecule has 13 heavy (non-hydrogen) atoms. The molecular weight excluding hydrogens is 162 g/mol. The molecule has 0 saturated carbocycles. The average Bonchev–Trinajstić information content (AvgIpc) is 2.04. The van der Waals surface area contributed by atoms with E-state index in [2.05, 4.69) is 25.7 Å². The Morgan fingerprint density at radius 1 is 1.31 bits per heavy atom. The molecule has 1 saturated heterocycles. The van der Waals surface area contributed by atoms with Gasteiger partial charge in [-0.25, -0.2) is 0 Å². The minimum Gasteiger partial charge on any atom is -0.337 e. The van der Waals surface area contributed by atoms with Crippen LogP contribution in [0.2, 0.25) is 0 Å². The van der Waals surface area contributed by atoms with Crippen molar-refractivity contribution in [1.82, 2.24) is 4.90 Å². The summed E-state index contributed by atoms with van der Waals surface area (Å²) in [6.07, 6.45) is 5.32. The average molecular weight is 183 g/mol. The minimum absolute atomic E-state index is 0.349. The largest absolute Gasteiger partial charge is 0.337 e. The van der Waals surface area contributed by atoms with Gasteiger partial charge in [0, 0.05) is 18.5 Å². The smallest absolute Gasteiger partial charge is 0.223 e. The summed E-state index contributed by atoms with van der Waals surface area (Å²) in [7, 11) is 0. The summed E-state index contributed by atoms with van der Waals surface area (Å²) in [5.41, 5.74) is 0. The third-order valence-electron chi connectivity index (χ3n) is 2.95. The summed E-state index contributed by atoms with van der Waals surface area (Å²) >= 11 is 0. The first-order valence-corrected chi connectivity index (χ1v) is 5.48. The van der Waals surface area contributed by atoms with Crippen molar-refractivity contribution < 1.29 is 4.79 Å². The van der Waals surface area contributed by atoms with Crippen LogP contribution in [0.1, 0.15) is 52.9 Å². The highest BCUT2D eigenvalue weighted by atomic mass is 16.2. The van der Waals surface area contributed by atoms with Gasteiger partial charge in [-0.2, -0.15) is 0 Å². The van der Waals surface area contributed by atoms with Gasteiger partial charge in [-0.05, 0) is 39.5 Å². The second-order valence-corrected chi connectivity index (χ2v) is 4.18. The molecule has 2 heteroatoms. The lowest BCUT2D eigenvalue weighted by Crippen LogP contribution is -2.47. The highest BCUT2D eigenvalue weighted by molar-refractivity contribution is 5.76. The van der Waals surface area contributed by atoms with Crippen LogP contribution in [-0.2, 0) is 4.79 Å². The summed E-state index contributed by atoms with van der Waals surface area (Å²) in [6, 6.07) is 0.922. The van der Waals surface area contributed by atoms with Crippen molar-refractivity contribution in [2.75, 3.05) is 0 Å². The topological polar surface area (TPSA) is 20.3 Å². The van der Waals surface area contributed by atoms with E-state index in [1.54, 1.807) is 0 Å². The van der Waals surface area contributed by atoms with Gasteiger partial charge < -0.3 is 4.90 Å². The molecule has 0 aromatic carbocycles. The molecule has 76 valence electrons. The van der Waals surface area contributed by atoms with Crippen LogP contribution in [0.25, 0.3) is 0 Å². The Balaban J connectivity index is 2.57. The van der Waals surface area contributed by atoms with Gasteiger partial charge in [0.05, 0.1) is 0 Å². The summed E-state index contributed by atoms with van der Waals surface area (Å²) in [6.45, 7) is 6.41. The van der Waals surface area contributed by atoms with E-state index in [0.717, 1.165) is 6.42 Å². The Morgan fingerprint density at radius 2 is 1.85 bits per heavy atom. The van der Waals surface area contributed by atoms with E-state index in [1.807, 2.05) is 0 Å². The summed E-state index contributed by atoms with van der Waals surface area (Å²) < 4.78 is 0. The molecular formula is C11H21NO. The van der Waals surface area contributed by atoms with Gasteiger partial charge in [-0.1, -0.05) is 6.92 Å². The van der Waals surface area contributed by atoms with Gasteiger partial charge in [0.15, 0.2) is 0 Å². The zero-order valence-corrected chi connectivity index (χ0v) is 9.05. The van der Waals surface area contributed by atoms with E-state index < -0.39 is 0 Å². The number of hydrogen-bond acceptors (Lipinski definition) is 1. The number of hydrogen-bond donors (Lipinski definition) is 0. The first-order valence-electron chi connectivity index (χ1n) is 5.48. The fraction of sp³-hybridized carbons (Fsp3) is 0.909. The minimum atomic E-state index is 0.349. The monoisotopic (exact) mass is 183 g/mol. The maximum absolute atomic E-state index is 11.7. The van der Waals surface area contributed by atoms with Gasteiger partial charge in [-0.15, -0.1) is 0 Å². The zero-order chi connectivity index (χ0) is 9.84. The molecule has 1 fully saturated rings. The van der Waals surface area contributed by atoms with Gasteiger partial charge >= 0.3 is 0 Å². The standard InChI is InChI=1S/C11H21NO/c1-4-6-11(13)12-9(2)7-5-8-10(12)3/h9-10H,4-8H2,1-3H3/t9-,10-/m0/s1. The number of rotatable bonds is 2. The van der Waals surface area contributed by atoms with Gasteiger partial charge in [0.1, 0.15) is 0 Å². The van der Waals surface area contributed by atoms with Crippen molar-refractivity contribution in [3.63, 3.8) is 0 Å². The molecule has 0 aromatic heterocycles. The van der Waals surface area contributed by atoms with Crippen molar-refractivity contribution in [2.24, 2.45) is 0 Å². The zero-order valence-electron chi connectivity index (χ0n) is 9.05. The van der Waals surface area contributed by atoms with Gasteiger partial charge in [-0.3, -0.25) is 4.79 Å². The van der Waals surface area contributed by atoms with E-state index in [-0.39, 0.29) is 0 Å². The fourth-order valence-electron chi connectivity index (χ4n) is 2.26. The van der Waals surface area contributed by atoms with Crippen LogP contribution in [0.15, 0.2) is 0 Å². The number of nitrogens with zero attached hydrogens (tertiary/aromatic N) is 1. The van der Waals surface area contributed by atoms with Crippen molar-refractivity contribution >= 4 is 5.91 Å². The Morgan fingerprint density at radius 3 is 2.31 bits per heavy atom. The number of amides is 1. The summed E-state index contributed by atoms with van der Waals surface area (Å²) in [4.78, 5) is 13.8. The lowest BCUT2D eigenvalue weighted by Gasteiger charge is -2.39. The van der Waals surface area contributed by atoms with Crippen LogP contribution in [0, 0.1) is 0 Å². The normalized spacial score (nSPS) is 29.0. The molecule has 1 rings (SSSR count). The molecule has 2 nitrogen and oxygen atoms in total. The summed E-state index contributed by atoms with van der Waals surface area (Å²) in [5, 5.41) is 0. The van der Waals surface area contributed by atoms with Crippen LogP contribution in [0.3, 0.4) is 0 Å². The lowest BCUT2D eigenvalue weighted by molar-refractivity contribution is -0.137. The highest BCUT2D eigenvalue weighted by Crippen LogP contribution is 2.23. The quantitative estimate of drug-likeness (QED) is 0.644. The van der Waals surface area contributed by atoms with Gasteiger partial charge in [0.25, 0.3) is 0 Å². The van der Waals surface area contributed by atoms with Crippen LogP contribution < -0.4 is 0 Å². The molecule has 0 aromatic rings. The van der Waals surface area contributed by atoms with Crippen molar-refractivity contribution in [1.29, 1.82) is 0 Å². The molecule has 2 atom stereocenters. The third kappa shape index (κ3) is 2.45. The molecule has 0 N–H and O–H groups in total. The first-order chi connectivity index (χ1) is 6.16. The molecule has 1 aliphatic heterocycles. The summed E-state index contributed by atoms with van der Waals surface area (Å²) in [5.74, 6) is 0.349.